The van der Waals surface area contributed by atoms with Crippen molar-refractivity contribution in [3.8, 4) is 0 Å². The highest BCUT2D eigenvalue weighted by molar-refractivity contribution is 7.45. The number of rotatable bonds is 39. The van der Waals surface area contributed by atoms with Gasteiger partial charge in [0.1, 0.15) is 19.8 Å². The fourth-order valence-electron chi connectivity index (χ4n) is 5.45. The van der Waals surface area contributed by atoms with Crippen LogP contribution in [0.25, 0.3) is 0 Å². The first-order valence-corrected chi connectivity index (χ1v) is 23.8. The number of likely N-dealkylation sites (N-methyl/N-ethyl adjacent to an activating group) is 1. The Balaban J connectivity index is 4.51. The third-order valence-corrected chi connectivity index (χ3v) is 9.89. The number of quaternary nitrogens is 1. The molecule has 3 unspecified atom stereocenters. The van der Waals surface area contributed by atoms with Crippen molar-refractivity contribution in [1.82, 2.24) is 0 Å². The van der Waals surface area contributed by atoms with Crippen molar-refractivity contribution in [2.45, 2.75) is 161 Å². The highest BCUT2D eigenvalue weighted by atomic mass is 31.2. The Bertz CT molecular complexity index is 1290. The summed E-state index contributed by atoms with van der Waals surface area (Å²) in [5.74, 6) is -0.964. The Morgan fingerprint density at radius 3 is 1.61 bits per heavy atom. The summed E-state index contributed by atoms with van der Waals surface area (Å²) in [7, 11) is 1.08. The molecule has 11 heteroatoms. The van der Waals surface area contributed by atoms with Gasteiger partial charge >= 0.3 is 11.9 Å². The van der Waals surface area contributed by atoms with E-state index in [2.05, 4.69) is 67.7 Å². The molecule has 0 aromatic rings. The molecule has 0 saturated heterocycles. The van der Waals surface area contributed by atoms with E-state index in [-0.39, 0.29) is 26.1 Å². The molecule has 0 aromatic heterocycles. The van der Waals surface area contributed by atoms with Crippen LogP contribution in [0.1, 0.15) is 149 Å². The summed E-state index contributed by atoms with van der Waals surface area (Å²) in [6.07, 6.45) is 47.7. The summed E-state index contributed by atoms with van der Waals surface area (Å²) in [5, 5.41) is 9.19. The van der Waals surface area contributed by atoms with Crippen LogP contribution in [-0.4, -0.2) is 81.2 Å². The maximum absolute atomic E-state index is 12.6. The zero-order valence-electron chi connectivity index (χ0n) is 37.5. The molecule has 0 amide bonds. The molecule has 0 aliphatic carbocycles. The molecular weight excluding hydrogens is 765 g/mol. The summed E-state index contributed by atoms with van der Waals surface area (Å²) in [6.45, 7) is 3.56. The van der Waals surface area contributed by atoms with Crippen LogP contribution < -0.4 is 4.89 Å². The Labute approximate surface area is 359 Å². The first-order valence-electron chi connectivity index (χ1n) is 22.3. The average molecular weight is 848 g/mol. The van der Waals surface area contributed by atoms with E-state index in [1.807, 2.05) is 39.4 Å². The molecule has 0 fully saturated rings. The van der Waals surface area contributed by atoms with Gasteiger partial charge in [0.25, 0.3) is 7.82 Å². The van der Waals surface area contributed by atoms with Crippen LogP contribution >= 0.6 is 7.82 Å². The van der Waals surface area contributed by atoms with E-state index in [1.54, 1.807) is 13.0 Å². The van der Waals surface area contributed by atoms with E-state index in [4.69, 9.17) is 18.5 Å². The lowest BCUT2D eigenvalue weighted by Crippen LogP contribution is -2.37. The molecule has 338 valence electrons. The van der Waals surface area contributed by atoms with E-state index < -0.39 is 38.6 Å². The molecule has 0 aromatic carbocycles. The number of allylic oxidation sites excluding steroid dienone is 13. The number of phosphoric ester groups is 1. The van der Waals surface area contributed by atoms with Gasteiger partial charge in [-0.15, -0.1) is 0 Å². The van der Waals surface area contributed by atoms with Crippen molar-refractivity contribution in [2.75, 3.05) is 47.5 Å². The topological polar surface area (TPSA) is 131 Å². The van der Waals surface area contributed by atoms with Crippen LogP contribution in [0.2, 0.25) is 0 Å². The van der Waals surface area contributed by atoms with E-state index in [9.17, 15) is 24.2 Å². The van der Waals surface area contributed by atoms with E-state index >= 15 is 0 Å². The SMILES string of the molecule is CCCCCCCC/C=C\CCCCCCCC(=O)OCC(COP(=O)([O-])OCC[N+](C)(C)C)OC(=O)CC/C=C/C/C=C/C/C=C/C/C=C/C/C=C/C/C=C\C(C)O. The van der Waals surface area contributed by atoms with Gasteiger partial charge in [-0.2, -0.15) is 0 Å². The van der Waals surface area contributed by atoms with E-state index in [1.165, 1.54) is 44.9 Å². The normalized spacial score (nSPS) is 14.9. The summed E-state index contributed by atoms with van der Waals surface area (Å²) < 4.78 is 33.8. The largest absolute Gasteiger partial charge is 0.756 e. The highest BCUT2D eigenvalue weighted by Crippen LogP contribution is 2.38. The molecular formula is C48H82NO9P. The van der Waals surface area contributed by atoms with Gasteiger partial charge in [-0.25, -0.2) is 0 Å². The lowest BCUT2D eigenvalue weighted by Gasteiger charge is -2.28. The van der Waals surface area contributed by atoms with Crippen LogP contribution in [0.3, 0.4) is 0 Å². The highest BCUT2D eigenvalue weighted by Gasteiger charge is 2.21. The third kappa shape index (κ3) is 44.5. The number of unbranched alkanes of at least 4 members (excludes halogenated alkanes) is 11. The van der Waals surface area contributed by atoms with Gasteiger partial charge in [0.15, 0.2) is 6.10 Å². The van der Waals surface area contributed by atoms with Crippen LogP contribution in [-0.2, 0) is 32.7 Å². The first-order chi connectivity index (χ1) is 28.3. The van der Waals surface area contributed by atoms with Crippen molar-refractivity contribution < 1.29 is 47.2 Å². The number of nitrogens with zero attached hydrogens (tertiary/aromatic N) is 1. The number of carbonyl (C=O) groups is 2. The monoisotopic (exact) mass is 848 g/mol. The Kier molecular flexibility index (Phi) is 37.4. The molecule has 0 aliphatic rings. The minimum absolute atomic E-state index is 0.0551. The second-order valence-corrected chi connectivity index (χ2v) is 17.4. The first kappa shape index (κ1) is 56.1. The molecule has 0 bridgehead atoms. The van der Waals surface area contributed by atoms with Gasteiger partial charge in [0, 0.05) is 12.8 Å². The molecule has 1 N–H and O–H groups in total. The van der Waals surface area contributed by atoms with Crippen molar-refractivity contribution in [3.05, 3.63) is 85.1 Å². The molecule has 10 nitrogen and oxygen atoms in total. The van der Waals surface area contributed by atoms with Crippen molar-refractivity contribution >= 4 is 19.8 Å². The average Bonchev–Trinajstić information content (AvgIpc) is 3.17. The second-order valence-electron chi connectivity index (χ2n) is 16.0. The van der Waals surface area contributed by atoms with Crippen LogP contribution in [0, 0.1) is 0 Å². The van der Waals surface area contributed by atoms with E-state index in [0.29, 0.717) is 23.9 Å². The minimum atomic E-state index is -4.66. The van der Waals surface area contributed by atoms with Crippen LogP contribution in [0.4, 0.5) is 0 Å². The summed E-state index contributed by atoms with van der Waals surface area (Å²) in [5.41, 5.74) is 0. The molecule has 0 rings (SSSR count). The molecule has 59 heavy (non-hydrogen) atoms. The number of aliphatic hydroxyl groups is 1. The zero-order chi connectivity index (χ0) is 43.7. The summed E-state index contributed by atoms with van der Waals surface area (Å²) in [6, 6.07) is 0. The predicted octanol–water partition coefficient (Wildman–Crippen LogP) is 11.1. The fraction of sp³-hybridized carbons (Fsp3) is 0.667. The summed E-state index contributed by atoms with van der Waals surface area (Å²) in [4.78, 5) is 37.5. The zero-order valence-corrected chi connectivity index (χ0v) is 38.4. The van der Waals surface area contributed by atoms with Crippen molar-refractivity contribution in [3.63, 3.8) is 0 Å². The number of esters is 2. The lowest BCUT2D eigenvalue weighted by atomic mass is 10.1. The Morgan fingerprint density at radius 2 is 1.08 bits per heavy atom. The van der Waals surface area contributed by atoms with Crippen LogP contribution in [0.15, 0.2) is 85.1 Å². The van der Waals surface area contributed by atoms with Crippen molar-refractivity contribution in [1.29, 1.82) is 0 Å². The maximum Gasteiger partial charge on any atom is 0.306 e. The van der Waals surface area contributed by atoms with E-state index in [0.717, 1.165) is 64.2 Å². The fourth-order valence-corrected chi connectivity index (χ4v) is 6.18. The number of hydrogen-bond acceptors (Lipinski definition) is 9. The van der Waals surface area contributed by atoms with Gasteiger partial charge in [0.2, 0.25) is 0 Å². The number of phosphoric acid groups is 1. The minimum Gasteiger partial charge on any atom is -0.756 e. The molecule has 0 radical (unpaired) electrons. The van der Waals surface area contributed by atoms with Gasteiger partial charge in [0.05, 0.1) is 33.9 Å². The number of carbonyl (C=O) groups excluding carboxylic acids is 2. The Hall–Kier alpha value is -2.85. The Morgan fingerprint density at radius 1 is 0.610 bits per heavy atom. The number of aliphatic hydroxyl groups excluding tert-OH is 1. The van der Waals surface area contributed by atoms with Crippen molar-refractivity contribution in [2.24, 2.45) is 0 Å². The molecule has 0 saturated carbocycles. The molecule has 0 aliphatic heterocycles. The third-order valence-electron chi connectivity index (χ3n) is 8.92. The number of hydrogen-bond donors (Lipinski definition) is 1. The molecule has 0 spiro atoms. The predicted molar refractivity (Wildman–Crippen MR) is 242 cm³/mol. The number of ether oxygens (including phenoxy) is 2. The van der Waals surface area contributed by atoms with Gasteiger partial charge in [-0.1, -0.05) is 143 Å². The molecule has 0 heterocycles. The standard InChI is InChI=1S/C48H82NO9P/c1-6-7-8-9-10-11-12-13-17-21-24-27-30-33-36-39-47(51)55-43-46(44-57-59(53,54)56-42-41-49(3,4)5)58-48(52)40-37-34-31-28-25-22-19-16-14-15-18-20-23-26-29-32-35-38-45(2)50/h13-14,16-18,20,22,25-26,29,31,34-35,38,45-46,50H,6-12,15,19,21,23-24,27-28,30,32-33,36-37,39-44H2,1-5H3/b16-14+,17-13-,20-18+,25-22+,29-26+,34-31+,38-35-. The second kappa shape index (κ2) is 39.3. The smallest absolute Gasteiger partial charge is 0.306 e. The van der Waals surface area contributed by atoms with Crippen LogP contribution in [0.5, 0.6) is 0 Å². The van der Waals surface area contributed by atoms with Gasteiger partial charge in [-0.3, -0.25) is 14.2 Å². The lowest BCUT2D eigenvalue weighted by molar-refractivity contribution is -0.870. The van der Waals surface area contributed by atoms with Gasteiger partial charge in [-0.05, 0) is 77.6 Å². The summed E-state index contributed by atoms with van der Waals surface area (Å²) >= 11 is 0. The van der Waals surface area contributed by atoms with Gasteiger partial charge < -0.3 is 33.0 Å². The maximum atomic E-state index is 12.6. The quantitative estimate of drug-likeness (QED) is 0.0211. The molecule has 3 atom stereocenters.